The van der Waals surface area contributed by atoms with Crippen LogP contribution in [-0.2, 0) is 10.0 Å². The van der Waals surface area contributed by atoms with E-state index in [0.717, 1.165) is 12.1 Å². The number of rotatable bonds is 5. The first-order valence-corrected chi connectivity index (χ1v) is 11.2. The van der Waals surface area contributed by atoms with E-state index in [1.54, 1.807) is 0 Å². The quantitative estimate of drug-likeness (QED) is 0.619. The Morgan fingerprint density at radius 1 is 1.10 bits per heavy atom. The smallest absolute Gasteiger partial charge is 0.257 e. The average Bonchev–Trinajstić information content (AvgIpc) is 2.65. The van der Waals surface area contributed by atoms with Gasteiger partial charge in [-0.1, -0.05) is 37.0 Å². The first kappa shape index (κ1) is 23.6. The van der Waals surface area contributed by atoms with E-state index in [2.05, 4.69) is 10.0 Å². The molecule has 29 heavy (non-hydrogen) atoms. The predicted octanol–water partition coefficient (Wildman–Crippen LogP) is 4.21. The van der Waals surface area contributed by atoms with Gasteiger partial charge in [-0.05, 0) is 49.2 Å². The number of aliphatic hydroxyl groups excluding tert-OH is 1. The number of benzene rings is 2. The Bertz CT molecular complexity index is 996. The largest absolute Gasteiger partial charge is 0.393 e. The monoisotopic (exact) mass is 462 g/mol. The fourth-order valence-corrected chi connectivity index (χ4v) is 4.26. The Morgan fingerprint density at radius 2 is 1.76 bits per heavy atom. The summed E-state index contributed by atoms with van der Waals surface area (Å²) in [6.45, 7) is 4.00. The molecule has 3 N–H and O–H groups in total. The van der Waals surface area contributed by atoms with Crippen molar-refractivity contribution in [3.8, 4) is 0 Å². The molecule has 1 saturated carbocycles. The molecule has 2 aromatic carbocycles. The molecule has 10 heteroatoms. The fraction of sp³-hybridized carbons (Fsp3) is 0.316. The minimum atomic E-state index is -3.87. The van der Waals surface area contributed by atoms with Crippen molar-refractivity contribution in [1.82, 2.24) is 4.72 Å². The summed E-state index contributed by atoms with van der Waals surface area (Å²) < 4.78 is 40.6. The second-order valence-corrected chi connectivity index (χ2v) is 8.70. The van der Waals surface area contributed by atoms with Gasteiger partial charge in [-0.3, -0.25) is 4.79 Å². The van der Waals surface area contributed by atoms with E-state index in [0.29, 0.717) is 12.8 Å². The molecule has 0 radical (unpaired) electrons. The molecule has 0 unspecified atom stereocenters. The first-order chi connectivity index (χ1) is 13.7. The zero-order valence-electron chi connectivity index (χ0n) is 15.7. The van der Waals surface area contributed by atoms with E-state index in [1.807, 2.05) is 13.8 Å². The highest BCUT2D eigenvalue weighted by atomic mass is 35.5. The van der Waals surface area contributed by atoms with Gasteiger partial charge in [0.1, 0.15) is 5.82 Å². The maximum absolute atomic E-state index is 13.2. The van der Waals surface area contributed by atoms with Gasteiger partial charge in [-0.15, -0.1) is 0 Å². The van der Waals surface area contributed by atoms with E-state index in [-0.39, 0.29) is 32.2 Å². The van der Waals surface area contributed by atoms with Crippen molar-refractivity contribution in [2.24, 2.45) is 0 Å². The molecule has 1 aliphatic carbocycles. The van der Waals surface area contributed by atoms with E-state index < -0.39 is 27.9 Å². The summed E-state index contributed by atoms with van der Waals surface area (Å²) in [5.74, 6) is -1.30. The van der Waals surface area contributed by atoms with Crippen LogP contribution >= 0.6 is 23.2 Å². The summed E-state index contributed by atoms with van der Waals surface area (Å²) in [5.41, 5.74) is 0.172. The van der Waals surface area contributed by atoms with Crippen LogP contribution in [0.15, 0.2) is 41.3 Å². The van der Waals surface area contributed by atoms with E-state index in [1.165, 1.54) is 24.3 Å². The summed E-state index contributed by atoms with van der Waals surface area (Å²) in [7, 11) is -3.87. The number of hydrogen-bond acceptors (Lipinski definition) is 4. The molecule has 0 aromatic heterocycles. The summed E-state index contributed by atoms with van der Waals surface area (Å²) >= 11 is 11.7. The molecule has 1 amide bonds. The molecule has 0 atom stereocenters. The van der Waals surface area contributed by atoms with Gasteiger partial charge in [0.2, 0.25) is 10.0 Å². The second kappa shape index (κ2) is 9.86. The first-order valence-electron chi connectivity index (χ1n) is 8.92. The van der Waals surface area contributed by atoms with Gasteiger partial charge in [0, 0.05) is 11.7 Å². The molecule has 0 saturated heterocycles. The second-order valence-electron chi connectivity index (χ2n) is 6.17. The van der Waals surface area contributed by atoms with Crippen LogP contribution in [0.3, 0.4) is 0 Å². The zero-order valence-corrected chi connectivity index (χ0v) is 18.1. The molecule has 0 spiro atoms. The molecule has 1 aliphatic rings. The van der Waals surface area contributed by atoms with Crippen molar-refractivity contribution in [2.75, 3.05) is 5.32 Å². The number of aliphatic hydroxyl groups is 1. The van der Waals surface area contributed by atoms with Gasteiger partial charge in [0.15, 0.2) is 0 Å². The van der Waals surface area contributed by atoms with Crippen molar-refractivity contribution < 1.29 is 22.7 Å². The van der Waals surface area contributed by atoms with Crippen molar-refractivity contribution in [1.29, 1.82) is 0 Å². The fourth-order valence-electron chi connectivity index (χ4n) is 2.59. The SMILES string of the molecule is CC.O=C(Nc1ccc(F)c(Cl)c1)c1cc(S(=O)(=O)NC2CC(O)C2)ccc1Cl. The van der Waals surface area contributed by atoms with Gasteiger partial charge in [0.25, 0.3) is 5.91 Å². The molecular weight excluding hydrogens is 442 g/mol. The van der Waals surface area contributed by atoms with Gasteiger partial charge >= 0.3 is 0 Å². The summed E-state index contributed by atoms with van der Waals surface area (Å²) in [6, 6.07) is 7.03. The van der Waals surface area contributed by atoms with E-state index in [9.17, 15) is 22.7 Å². The lowest BCUT2D eigenvalue weighted by atomic mass is 9.91. The summed E-state index contributed by atoms with van der Waals surface area (Å²) in [5, 5.41) is 11.7. The van der Waals surface area contributed by atoms with E-state index >= 15 is 0 Å². The Morgan fingerprint density at radius 3 is 2.34 bits per heavy atom. The average molecular weight is 463 g/mol. The number of carbonyl (C=O) groups is 1. The van der Waals surface area contributed by atoms with Crippen molar-refractivity contribution in [3.05, 3.63) is 57.8 Å². The Labute approximate surface area is 179 Å². The van der Waals surface area contributed by atoms with Crippen molar-refractivity contribution >= 4 is 44.8 Å². The lowest BCUT2D eigenvalue weighted by Crippen LogP contribution is -2.46. The number of hydrogen-bond donors (Lipinski definition) is 3. The van der Waals surface area contributed by atoms with E-state index in [4.69, 9.17) is 23.2 Å². The van der Waals surface area contributed by atoms with Crippen molar-refractivity contribution in [3.63, 3.8) is 0 Å². The Balaban J connectivity index is 0.00000145. The number of sulfonamides is 1. The number of amides is 1. The number of nitrogens with one attached hydrogen (secondary N) is 2. The topological polar surface area (TPSA) is 95.5 Å². The maximum Gasteiger partial charge on any atom is 0.257 e. The molecule has 0 heterocycles. The van der Waals surface area contributed by atoms with Crippen LogP contribution in [0.25, 0.3) is 0 Å². The Hall–Kier alpha value is -1.71. The number of halogens is 3. The number of carbonyl (C=O) groups excluding carboxylic acids is 1. The Kier molecular flexibility index (Phi) is 8.02. The van der Waals surface area contributed by atoms with Gasteiger partial charge in [0.05, 0.1) is 26.6 Å². The lowest BCUT2D eigenvalue weighted by molar-refractivity contribution is 0.0712. The summed E-state index contributed by atoms with van der Waals surface area (Å²) in [4.78, 5) is 12.3. The van der Waals surface area contributed by atoms with Crippen LogP contribution in [-0.4, -0.2) is 31.6 Å². The molecule has 2 aromatic rings. The van der Waals surface area contributed by atoms with Gasteiger partial charge in [-0.2, -0.15) is 0 Å². The minimum Gasteiger partial charge on any atom is -0.393 e. The number of anilines is 1. The lowest BCUT2D eigenvalue weighted by Gasteiger charge is -2.31. The molecule has 0 bridgehead atoms. The van der Waals surface area contributed by atoms with Crippen molar-refractivity contribution in [2.45, 2.75) is 43.7 Å². The molecular formula is C19H21Cl2FN2O4S. The highest BCUT2D eigenvalue weighted by Gasteiger charge is 2.31. The van der Waals surface area contributed by atoms with Crippen LogP contribution in [0.4, 0.5) is 10.1 Å². The molecule has 158 valence electrons. The highest BCUT2D eigenvalue weighted by Crippen LogP contribution is 2.26. The third kappa shape index (κ3) is 5.90. The van der Waals surface area contributed by atoms with Gasteiger partial charge in [-0.25, -0.2) is 17.5 Å². The standard InChI is InChI=1S/C17H15Cl2FN2O4S.C2H6/c18-14-3-2-12(27(25,26)22-10-5-11(23)6-10)8-13(14)17(24)21-9-1-4-16(20)15(19)7-9;1-2/h1-4,7-8,10-11,22-23H,5-6H2,(H,21,24);1-2H3. The predicted molar refractivity (Wildman–Crippen MR) is 112 cm³/mol. The molecule has 0 aliphatic heterocycles. The van der Waals surface area contributed by atoms with Crippen LogP contribution in [0, 0.1) is 5.82 Å². The molecule has 1 fully saturated rings. The van der Waals surface area contributed by atoms with Crippen LogP contribution in [0.5, 0.6) is 0 Å². The molecule has 6 nitrogen and oxygen atoms in total. The maximum atomic E-state index is 13.2. The van der Waals surface area contributed by atoms with Crippen LogP contribution in [0.2, 0.25) is 10.0 Å². The van der Waals surface area contributed by atoms with Crippen LogP contribution < -0.4 is 10.0 Å². The summed E-state index contributed by atoms with van der Waals surface area (Å²) in [6.07, 6.45) is 0.170. The molecule has 3 rings (SSSR count). The highest BCUT2D eigenvalue weighted by molar-refractivity contribution is 7.89. The van der Waals surface area contributed by atoms with Crippen LogP contribution in [0.1, 0.15) is 37.0 Å². The third-order valence-electron chi connectivity index (χ3n) is 4.11. The normalized spacial score (nSPS) is 18.3. The van der Waals surface area contributed by atoms with Gasteiger partial charge < -0.3 is 10.4 Å². The minimum absolute atomic E-state index is 0.0544. The third-order valence-corrected chi connectivity index (χ3v) is 6.24. The zero-order chi connectivity index (χ0) is 21.8.